The Labute approximate surface area is 98.0 Å². The number of ether oxygens (including phenoxy) is 1. The van der Waals surface area contributed by atoms with Gasteiger partial charge >= 0.3 is 5.97 Å². The minimum absolute atomic E-state index is 0.0632. The van der Waals surface area contributed by atoms with Gasteiger partial charge in [-0.3, -0.25) is 10.1 Å². The molecule has 0 spiro atoms. The van der Waals surface area contributed by atoms with Crippen LogP contribution in [0.25, 0.3) is 0 Å². The average molecular weight is 239 g/mol. The smallest absolute Gasteiger partial charge is 0.341 e. The van der Waals surface area contributed by atoms with Gasteiger partial charge in [-0.05, 0) is 12.5 Å². The zero-order valence-corrected chi connectivity index (χ0v) is 9.38. The second-order valence-corrected chi connectivity index (χ2v) is 3.45. The maximum atomic E-state index is 11.5. The van der Waals surface area contributed by atoms with Crippen LogP contribution in [0.3, 0.4) is 0 Å². The zero-order chi connectivity index (χ0) is 12.8. The van der Waals surface area contributed by atoms with Gasteiger partial charge < -0.3 is 9.84 Å². The van der Waals surface area contributed by atoms with Gasteiger partial charge in [0.2, 0.25) is 0 Å². The number of phenols is 1. The van der Waals surface area contributed by atoms with E-state index in [-0.39, 0.29) is 17.9 Å². The third-order valence-electron chi connectivity index (χ3n) is 2.14. The van der Waals surface area contributed by atoms with Gasteiger partial charge in [0, 0.05) is 6.07 Å². The van der Waals surface area contributed by atoms with E-state index in [1.54, 1.807) is 0 Å². The molecule has 0 atom stereocenters. The number of nitro benzene ring substituents is 1. The lowest BCUT2D eigenvalue weighted by Crippen LogP contribution is -2.06. The second-order valence-electron chi connectivity index (χ2n) is 3.45. The van der Waals surface area contributed by atoms with Crippen molar-refractivity contribution in [3.63, 3.8) is 0 Å². The van der Waals surface area contributed by atoms with E-state index in [2.05, 4.69) is 0 Å². The summed E-state index contributed by atoms with van der Waals surface area (Å²) >= 11 is 0. The first-order valence-corrected chi connectivity index (χ1v) is 5.20. The molecule has 0 heterocycles. The number of phenolic OH excluding ortho intramolecular Hbond substituents is 1. The van der Waals surface area contributed by atoms with Gasteiger partial charge in [-0.15, -0.1) is 0 Å². The van der Waals surface area contributed by atoms with Crippen molar-refractivity contribution in [3.05, 3.63) is 33.9 Å². The molecule has 0 amide bonds. The topological polar surface area (TPSA) is 89.7 Å². The van der Waals surface area contributed by atoms with Crippen molar-refractivity contribution in [3.8, 4) is 5.75 Å². The number of nitrogens with zero attached hydrogens (tertiary/aromatic N) is 1. The quantitative estimate of drug-likeness (QED) is 0.368. The summed E-state index contributed by atoms with van der Waals surface area (Å²) in [5.41, 5.74) is -0.334. The molecule has 0 aromatic heterocycles. The van der Waals surface area contributed by atoms with E-state index in [0.717, 1.165) is 25.0 Å². The van der Waals surface area contributed by atoms with Crippen LogP contribution in [-0.4, -0.2) is 22.6 Å². The molecule has 1 aromatic carbocycles. The van der Waals surface area contributed by atoms with Crippen LogP contribution in [0.1, 0.15) is 30.1 Å². The van der Waals surface area contributed by atoms with Gasteiger partial charge in [0.1, 0.15) is 11.3 Å². The molecule has 0 aliphatic rings. The first-order chi connectivity index (χ1) is 8.06. The molecule has 1 rings (SSSR count). The van der Waals surface area contributed by atoms with Crippen molar-refractivity contribution < 1.29 is 19.6 Å². The Bertz CT molecular complexity index is 430. The Balaban J connectivity index is 2.78. The third kappa shape index (κ3) is 3.44. The molecular formula is C11H13NO5. The lowest BCUT2D eigenvalue weighted by atomic mass is 10.2. The van der Waals surface area contributed by atoms with E-state index in [1.165, 1.54) is 6.07 Å². The Morgan fingerprint density at radius 2 is 2.24 bits per heavy atom. The number of rotatable bonds is 5. The maximum Gasteiger partial charge on any atom is 0.341 e. The number of carbonyl (C=O) groups is 1. The Kier molecular flexibility index (Phi) is 4.45. The van der Waals surface area contributed by atoms with Crippen LogP contribution in [-0.2, 0) is 4.74 Å². The molecule has 6 heteroatoms. The van der Waals surface area contributed by atoms with E-state index < -0.39 is 16.6 Å². The van der Waals surface area contributed by atoms with E-state index in [0.29, 0.717) is 0 Å². The average Bonchev–Trinajstić information content (AvgIpc) is 2.28. The number of hydrogen-bond donors (Lipinski definition) is 1. The molecule has 0 aliphatic carbocycles. The maximum absolute atomic E-state index is 11.5. The molecule has 0 bridgehead atoms. The summed E-state index contributed by atoms with van der Waals surface area (Å²) in [6, 6.07) is 3.26. The number of esters is 1. The Morgan fingerprint density at radius 3 is 2.76 bits per heavy atom. The normalized spacial score (nSPS) is 9.94. The summed E-state index contributed by atoms with van der Waals surface area (Å²) in [4.78, 5) is 21.2. The van der Waals surface area contributed by atoms with Gasteiger partial charge in [-0.1, -0.05) is 13.3 Å². The standard InChI is InChI=1S/C11H13NO5/c1-2-3-6-17-11(14)9-5-4-8(12(15)16)7-10(9)13/h4-5,7,13H,2-3,6H2,1H3. The van der Waals surface area contributed by atoms with Crippen molar-refractivity contribution in [2.75, 3.05) is 6.61 Å². The molecule has 92 valence electrons. The van der Waals surface area contributed by atoms with Gasteiger partial charge in [0.25, 0.3) is 5.69 Å². The fourth-order valence-electron chi connectivity index (χ4n) is 1.19. The molecular weight excluding hydrogens is 226 g/mol. The van der Waals surface area contributed by atoms with Crippen LogP contribution >= 0.6 is 0 Å². The van der Waals surface area contributed by atoms with Crippen molar-refractivity contribution in [2.45, 2.75) is 19.8 Å². The van der Waals surface area contributed by atoms with Crippen LogP contribution in [0.4, 0.5) is 5.69 Å². The van der Waals surface area contributed by atoms with Crippen LogP contribution in [0.15, 0.2) is 18.2 Å². The summed E-state index contributed by atoms with van der Waals surface area (Å²) in [5, 5.41) is 19.9. The van der Waals surface area contributed by atoms with E-state index >= 15 is 0 Å². The number of nitro groups is 1. The van der Waals surface area contributed by atoms with Crippen LogP contribution in [0, 0.1) is 10.1 Å². The van der Waals surface area contributed by atoms with Crippen molar-refractivity contribution in [1.82, 2.24) is 0 Å². The molecule has 0 aliphatic heterocycles. The predicted molar refractivity (Wildman–Crippen MR) is 60.0 cm³/mol. The molecule has 0 saturated heterocycles. The number of carbonyl (C=O) groups excluding carboxylic acids is 1. The van der Waals surface area contributed by atoms with Crippen LogP contribution in [0.5, 0.6) is 5.75 Å². The number of unbranched alkanes of at least 4 members (excludes halogenated alkanes) is 1. The second kappa shape index (κ2) is 5.83. The Hall–Kier alpha value is -2.11. The number of hydrogen-bond acceptors (Lipinski definition) is 5. The largest absolute Gasteiger partial charge is 0.507 e. The molecule has 0 unspecified atom stereocenters. The first-order valence-electron chi connectivity index (χ1n) is 5.20. The van der Waals surface area contributed by atoms with E-state index in [1.807, 2.05) is 6.92 Å². The molecule has 1 aromatic rings. The number of aromatic hydroxyl groups is 1. The highest BCUT2D eigenvalue weighted by molar-refractivity contribution is 5.92. The summed E-state index contributed by atoms with van der Waals surface area (Å²) < 4.78 is 4.88. The minimum atomic E-state index is -0.675. The van der Waals surface area contributed by atoms with Crippen LogP contribution in [0.2, 0.25) is 0 Å². The fourth-order valence-corrected chi connectivity index (χ4v) is 1.19. The molecule has 6 nitrogen and oxygen atoms in total. The highest BCUT2D eigenvalue weighted by Crippen LogP contribution is 2.24. The fraction of sp³-hybridized carbons (Fsp3) is 0.364. The number of non-ortho nitro benzene ring substituents is 1. The van der Waals surface area contributed by atoms with Gasteiger partial charge in [-0.2, -0.15) is 0 Å². The highest BCUT2D eigenvalue weighted by atomic mass is 16.6. The number of benzene rings is 1. The van der Waals surface area contributed by atoms with Crippen molar-refractivity contribution in [2.24, 2.45) is 0 Å². The van der Waals surface area contributed by atoms with Gasteiger partial charge in [-0.25, -0.2) is 4.79 Å². The highest BCUT2D eigenvalue weighted by Gasteiger charge is 2.16. The summed E-state index contributed by atoms with van der Waals surface area (Å²) in [5.74, 6) is -1.12. The summed E-state index contributed by atoms with van der Waals surface area (Å²) in [7, 11) is 0. The molecule has 17 heavy (non-hydrogen) atoms. The third-order valence-corrected chi connectivity index (χ3v) is 2.14. The predicted octanol–water partition coefficient (Wildman–Crippen LogP) is 2.26. The van der Waals surface area contributed by atoms with Crippen LogP contribution < -0.4 is 0 Å². The summed E-state index contributed by atoms with van der Waals surface area (Å²) in [6.07, 6.45) is 1.62. The zero-order valence-electron chi connectivity index (χ0n) is 9.38. The SMILES string of the molecule is CCCCOC(=O)c1ccc([N+](=O)[O-])cc1O. The minimum Gasteiger partial charge on any atom is -0.507 e. The lowest BCUT2D eigenvalue weighted by Gasteiger charge is -2.05. The van der Waals surface area contributed by atoms with Crippen molar-refractivity contribution >= 4 is 11.7 Å². The van der Waals surface area contributed by atoms with E-state index in [9.17, 15) is 20.0 Å². The molecule has 0 saturated carbocycles. The monoisotopic (exact) mass is 239 g/mol. The van der Waals surface area contributed by atoms with Gasteiger partial charge in [0.05, 0.1) is 17.6 Å². The molecule has 0 radical (unpaired) electrons. The molecule has 1 N–H and O–H groups in total. The first kappa shape index (κ1) is 13.0. The summed E-state index contributed by atoms with van der Waals surface area (Å²) in [6.45, 7) is 2.23. The molecule has 0 fully saturated rings. The van der Waals surface area contributed by atoms with E-state index in [4.69, 9.17) is 4.74 Å². The van der Waals surface area contributed by atoms with Gasteiger partial charge in [0.15, 0.2) is 0 Å². The van der Waals surface area contributed by atoms with Crippen molar-refractivity contribution in [1.29, 1.82) is 0 Å². The Morgan fingerprint density at radius 1 is 1.53 bits per heavy atom. The lowest BCUT2D eigenvalue weighted by molar-refractivity contribution is -0.384.